The van der Waals surface area contributed by atoms with E-state index >= 15 is 0 Å². The van der Waals surface area contributed by atoms with Gasteiger partial charge in [0.25, 0.3) is 0 Å². The van der Waals surface area contributed by atoms with Gasteiger partial charge in [-0.25, -0.2) is 4.79 Å². The van der Waals surface area contributed by atoms with Gasteiger partial charge in [-0.1, -0.05) is 30.0 Å². The van der Waals surface area contributed by atoms with Crippen molar-refractivity contribution in [2.75, 3.05) is 30.9 Å². The van der Waals surface area contributed by atoms with Crippen LogP contribution in [0.25, 0.3) is 0 Å². The van der Waals surface area contributed by atoms with Crippen molar-refractivity contribution in [2.45, 2.75) is 19.3 Å². The molecule has 0 saturated heterocycles. The molecule has 0 aromatic heterocycles. The number of hydrogen-bond donors (Lipinski definition) is 1. The number of nitrogens with zero attached hydrogens (tertiary/aromatic N) is 1. The van der Waals surface area contributed by atoms with Crippen LogP contribution in [0.3, 0.4) is 0 Å². The number of ether oxygens (including phenoxy) is 1. The number of benzene rings is 2. The average Bonchev–Trinajstić information content (AvgIpc) is 2.68. The molecule has 0 atom stereocenters. The summed E-state index contributed by atoms with van der Waals surface area (Å²) in [6.45, 7) is 0.379. The Morgan fingerprint density at radius 3 is 2.44 bits per heavy atom. The van der Waals surface area contributed by atoms with Gasteiger partial charge in [0.1, 0.15) is 0 Å². The summed E-state index contributed by atoms with van der Waals surface area (Å²) in [5.41, 5.74) is 2.82. The van der Waals surface area contributed by atoms with Crippen LogP contribution >= 0.6 is 0 Å². The second-order valence-electron chi connectivity index (χ2n) is 6.08. The molecule has 0 aliphatic rings. The molecule has 0 bridgehead atoms. The SMILES string of the molecule is CN(C)c1ccc(C#CC#CCCCCOC(=O)Nc2ccccc2)cc1. The molecule has 0 saturated carbocycles. The van der Waals surface area contributed by atoms with E-state index in [2.05, 4.69) is 29.0 Å². The monoisotopic (exact) mass is 360 g/mol. The van der Waals surface area contributed by atoms with Crippen molar-refractivity contribution in [3.8, 4) is 23.7 Å². The van der Waals surface area contributed by atoms with E-state index in [9.17, 15) is 4.79 Å². The summed E-state index contributed by atoms with van der Waals surface area (Å²) in [6.07, 6.45) is 1.94. The summed E-state index contributed by atoms with van der Waals surface area (Å²) in [5.74, 6) is 11.8. The Morgan fingerprint density at radius 1 is 1.00 bits per heavy atom. The highest BCUT2D eigenvalue weighted by Gasteiger charge is 2.01. The summed E-state index contributed by atoms with van der Waals surface area (Å²) in [7, 11) is 4.01. The quantitative estimate of drug-likeness (QED) is 0.608. The minimum absolute atomic E-state index is 0.379. The number of unbranched alkanes of at least 4 members (excludes halogenated alkanes) is 2. The van der Waals surface area contributed by atoms with Crippen molar-refractivity contribution < 1.29 is 9.53 Å². The van der Waals surface area contributed by atoms with E-state index in [4.69, 9.17) is 4.74 Å². The van der Waals surface area contributed by atoms with Gasteiger partial charge in [-0.05, 0) is 61.1 Å². The zero-order chi connectivity index (χ0) is 19.3. The number of rotatable bonds is 6. The van der Waals surface area contributed by atoms with Crippen molar-refractivity contribution in [2.24, 2.45) is 0 Å². The van der Waals surface area contributed by atoms with Gasteiger partial charge in [-0.15, -0.1) is 0 Å². The zero-order valence-electron chi connectivity index (χ0n) is 15.8. The Bertz CT molecular complexity index is 835. The Balaban J connectivity index is 1.59. The van der Waals surface area contributed by atoms with Crippen LogP contribution in [0.2, 0.25) is 0 Å². The third-order valence-electron chi connectivity index (χ3n) is 3.69. The molecule has 0 heterocycles. The van der Waals surface area contributed by atoms with Gasteiger partial charge in [0, 0.05) is 37.5 Å². The summed E-state index contributed by atoms with van der Waals surface area (Å²) < 4.78 is 5.13. The Hall–Kier alpha value is -3.37. The molecule has 0 aliphatic carbocycles. The van der Waals surface area contributed by atoms with E-state index in [1.807, 2.05) is 73.6 Å². The van der Waals surface area contributed by atoms with Gasteiger partial charge >= 0.3 is 6.09 Å². The predicted molar refractivity (Wildman–Crippen MR) is 111 cm³/mol. The fourth-order valence-electron chi connectivity index (χ4n) is 2.21. The maximum Gasteiger partial charge on any atom is 0.411 e. The standard InChI is InChI=1S/C23H24N2O2/c1-25(2)22-17-15-20(16-18-22)12-8-5-3-4-6-11-19-27-23(26)24-21-13-9-7-10-14-21/h7,9-10,13-18H,4,6,11,19H2,1-2H3,(H,24,26). The molecule has 138 valence electrons. The molecule has 1 amide bonds. The fourth-order valence-corrected chi connectivity index (χ4v) is 2.21. The molecule has 0 fully saturated rings. The Labute approximate surface area is 161 Å². The van der Waals surface area contributed by atoms with Crippen LogP contribution in [0.15, 0.2) is 54.6 Å². The predicted octanol–water partition coefficient (Wildman–Crippen LogP) is 4.53. The number of amides is 1. The fraction of sp³-hybridized carbons (Fsp3) is 0.261. The van der Waals surface area contributed by atoms with Gasteiger partial charge < -0.3 is 9.64 Å². The average molecular weight is 360 g/mol. The summed E-state index contributed by atoms with van der Waals surface area (Å²) in [5, 5.41) is 2.68. The minimum Gasteiger partial charge on any atom is -0.449 e. The number of nitrogens with one attached hydrogen (secondary N) is 1. The maximum absolute atomic E-state index is 11.6. The third-order valence-corrected chi connectivity index (χ3v) is 3.69. The molecule has 2 rings (SSSR count). The highest BCUT2D eigenvalue weighted by molar-refractivity contribution is 5.84. The van der Waals surface area contributed by atoms with Crippen molar-refractivity contribution >= 4 is 17.5 Å². The van der Waals surface area contributed by atoms with Crippen LogP contribution in [0.4, 0.5) is 16.2 Å². The first kappa shape index (κ1) is 19.9. The zero-order valence-corrected chi connectivity index (χ0v) is 15.8. The van der Waals surface area contributed by atoms with E-state index in [-0.39, 0.29) is 0 Å². The summed E-state index contributed by atoms with van der Waals surface area (Å²) >= 11 is 0. The third kappa shape index (κ3) is 8.03. The van der Waals surface area contributed by atoms with Crippen LogP contribution in [-0.4, -0.2) is 26.8 Å². The number of carbonyl (C=O) groups excluding carboxylic acids is 1. The van der Waals surface area contributed by atoms with Crippen molar-refractivity contribution in [1.29, 1.82) is 0 Å². The lowest BCUT2D eigenvalue weighted by atomic mass is 10.2. The van der Waals surface area contributed by atoms with Crippen LogP contribution in [0.1, 0.15) is 24.8 Å². The number of carbonyl (C=O) groups is 1. The van der Waals surface area contributed by atoms with E-state index in [1.165, 1.54) is 0 Å². The topological polar surface area (TPSA) is 41.6 Å². The van der Waals surface area contributed by atoms with Crippen molar-refractivity contribution in [3.63, 3.8) is 0 Å². The lowest BCUT2D eigenvalue weighted by molar-refractivity contribution is 0.159. The molecule has 2 aromatic carbocycles. The first-order chi connectivity index (χ1) is 13.1. The number of para-hydroxylation sites is 1. The summed E-state index contributed by atoms with van der Waals surface area (Å²) in [6, 6.07) is 17.3. The Kier molecular flexibility index (Phi) is 8.34. The highest BCUT2D eigenvalue weighted by Crippen LogP contribution is 2.11. The van der Waals surface area contributed by atoms with E-state index in [0.29, 0.717) is 6.61 Å². The van der Waals surface area contributed by atoms with E-state index in [1.54, 1.807) is 0 Å². The van der Waals surface area contributed by atoms with E-state index < -0.39 is 6.09 Å². The highest BCUT2D eigenvalue weighted by atomic mass is 16.5. The molecule has 2 aromatic rings. The van der Waals surface area contributed by atoms with Crippen LogP contribution in [0.5, 0.6) is 0 Å². The molecule has 0 radical (unpaired) electrons. The number of hydrogen-bond acceptors (Lipinski definition) is 3. The van der Waals surface area contributed by atoms with Crippen LogP contribution in [-0.2, 0) is 4.74 Å². The van der Waals surface area contributed by atoms with E-state index in [0.717, 1.165) is 36.2 Å². The second kappa shape index (κ2) is 11.3. The first-order valence-electron chi connectivity index (χ1n) is 8.90. The molecule has 0 aliphatic heterocycles. The molecular weight excluding hydrogens is 336 g/mol. The molecule has 1 N–H and O–H groups in total. The molecule has 4 nitrogen and oxygen atoms in total. The molecule has 4 heteroatoms. The second-order valence-corrected chi connectivity index (χ2v) is 6.08. The molecule has 27 heavy (non-hydrogen) atoms. The lowest BCUT2D eigenvalue weighted by Gasteiger charge is -2.11. The van der Waals surface area contributed by atoms with Crippen molar-refractivity contribution in [1.82, 2.24) is 0 Å². The van der Waals surface area contributed by atoms with Gasteiger partial charge in [0.2, 0.25) is 0 Å². The summed E-state index contributed by atoms with van der Waals surface area (Å²) in [4.78, 5) is 13.6. The minimum atomic E-state index is -0.432. The molecule has 0 spiro atoms. The van der Waals surface area contributed by atoms with Gasteiger partial charge in [-0.2, -0.15) is 0 Å². The lowest BCUT2D eigenvalue weighted by Crippen LogP contribution is -2.14. The van der Waals surface area contributed by atoms with Crippen LogP contribution < -0.4 is 10.2 Å². The normalized spacial score (nSPS) is 9.26. The van der Waals surface area contributed by atoms with Gasteiger partial charge in [0.05, 0.1) is 6.61 Å². The largest absolute Gasteiger partial charge is 0.449 e. The van der Waals surface area contributed by atoms with Crippen molar-refractivity contribution in [3.05, 3.63) is 60.2 Å². The number of anilines is 2. The molecular formula is C23H24N2O2. The van der Waals surface area contributed by atoms with Crippen LogP contribution in [0, 0.1) is 23.7 Å². The molecule has 0 unspecified atom stereocenters. The maximum atomic E-state index is 11.6. The van der Waals surface area contributed by atoms with Gasteiger partial charge in [0.15, 0.2) is 0 Å². The van der Waals surface area contributed by atoms with Gasteiger partial charge in [-0.3, -0.25) is 5.32 Å². The first-order valence-corrected chi connectivity index (χ1v) is 8.90. The smallest absolute Gasteiger partial charge is 0.411 e. The Morgan fingerprint density at radius 2 is 1.74 bits per heavy atom.